The fourth-order valence-electron chi connectivity index (χ4n) is 4.73. The molecule has 0 saturated carbocycles. The van der Waals surface area contributed by atoms with Crippen molar-refractivity contribution < 1.29 is 26.8 Å². The standard InChI is InChI=1S/C30H26ClF2N5O4S/c1-19-12-14-38(36-19)21-8-11-24(26(31)16-21)29(40)37-15-13-30(32,33)25(23-4-2-3-5-27(23)37)17-28(39)35-18-20-6-9-22(10-7-20)43(34,41)42/h2-12,14,16-17H,13,15,18H2,1H3,(H,35,39)(H2,34,41,42)/b25-17-. The summed E-state index contributed by atoms with van der Waals surface area (Å²) in [5.41, 5.74) is 1.82. The molecule has 5 rings (SSSR count). The number of amides is 2. The number of para-hydroxylation sites is 1. The maximum absolute atomic E-state index is 15.6. The Morgan fingerprint density at radius 3 is 2.47 bits per heavy atom. The molecule has 9 nitrogen and oxygen atoms in total. The van der Waals surface area contributed by atoms with E-state index in [1.54, 1.807) is 41.2 Å². The molecule has 1 aliphatic heterocycles. The van der Waals surface area contributed by atoms with Crippen LogP contribution in [0.5, 0.6) is 0 Å². The van der Waals surface area contributed by atoms with Crippen molar-refractivity contribution in [2.45, 2.75) is 30.7 Å². The number of nitrogens with two attached hydrogens (primary N) is 1. The minimum Gasteiger partial charge on any atom is -0.348 e. The van der Waals surface area contributed by atoms with E-state index in [-0.39, 0.29) is 39.8 Å². The van der Waals surface area contributed by atoms with Crippen molar-refractivity contribution in [3.63, 3.8) is 0 Å². The number of alkyl halides is 2. The number of carbonyl (C=O) groups is 2. The van der Waals surface area contributed by atoms with Gasteiger partial charge >= 0.3 is 0 Å². The highest BCUT2D eigenvalue weighted by Crippen LogP contribution is 2.43. The first-order chi connectivity index (χ1) is 20.3. The summed E-state index contributed by atoms with van der Waals surface area (Å²) in [5.74, 6) is -4.79. The van der Waals surface area contributed by atoms with Crippen molar-refractivity contribution in [2.24, 2.45) is 5.14 Å². The smallest absolute Gasteiger partial charge is 0.275 e. The maximum Gasteiger partial charge on any atom is 0.275 e. The SMILES string of the molecule is Cc1ccn(-c2ccc(C(=O)N3CCC(F)(F)/C(=C\C(=O)NCc4ccc(S(N)(=O)=O)cc4)c4ccccc43)c(Cl)c2)n1. The molecule has 1 aliphatic rings. The number of carbonyl (C=O) groups excluding carboxylic acids is 2. The van der Waals surface area contributed by atoms with E-state index in [2.05, 4.69) is 10.4 Å². The number of nitrogens with zero attached hydrogens (tertiary/aromatic N) is 3. The van der Waals surface area contributed by atoms with Gasteiger partial charge in [-0.2, -0.15) is 5.10 Å². The van der Waals surface area contributed by atoms with Crippen LogP contribution >= 0.6 is 11.6 Å². The van der Waals surface area contributed by atoms with Crippen molar-refractivity contribution in [1.82, 2.24) is 15.1 Å². The molecular formula is C30H26ClF2N5O4S. The van der Waals surface area contributed by atoms with Gasteiger partial charge in [-0.05, 0) is 55.0 Å². The van der Waals surface area contributed by atoms with Crippen LogP contribution in [-0.2, 0) is 21.4 Å². The number of nitrogens with one attached hydrogen (secondary N) is 1. The van der Waals surface area contributed by atoms with Crippen LogP contribution in [-0.4, -0.2) is 42.5 Å². The van der Waals surface area contributed by atoms with E-state index in [9.17, 15) is 18.0 Å². The number of halogens is 3. The van der Waals surface area contributed by atoms with E-state index in [4.69, 9.17) is 16.7 Å². The fraction of sp³-hybridized carbons (Fsp3) is 0.167. The number of fused-ring (bicyclic) bond motifs is 1. The minimum absolute atomic E-state index is 0.0331. The molecule has 0 bridgehead atoms. The van der Waals surface area contributed by atoms with Gasteiger partial charge in [-0.3, -0.25) is 9.59 Å². The van der Waals surface area contributed by atoms with Gasteiger partial charge < -0.3 is 10.2 Å². The summed E-state index contributed by atoms with van der Waals surface area (Å²) in [4.78, 5) is 27.7. The molecule has 43 heavy (non-hydrogen) atoms. The van der Waals surface area contributed by atoms with Gasteiger partial charge in [0.2, 0.25) is 15.9 Å². The number of hydrogen-bond acceptors (Lipinski definition) is 5. The maximum atomic E-state index is 15.6. The molecular weight excluding hydrogens is 600 g/mol. The number of benzene rings is 3. The van der Waals surface area contributed by atoms with Crippen LogP contribution in [0.15, 0.2) is 90.0 Å². The number of primary sulfonamides is 1. The predicted molar refractivity (Wildman–Crippen MR) is 159 cm³/mol. The Morgan fingerprint density at radius 1 is 1.09 bits per heavy atom. The second kappa shape index (κ2) is 11.7. The molecule has 2 heterocycles. The first-order valence-electron chi connectivity index (χ1n) is 13.1. The van der Waals surface area contributed by atoms with Gasteiger partial charge in [0.05, 0.1) is 32.6 Å². The largest absolute Gasteiger partial charge is 0.348 e. The number of aromatic nitrogens is 2. The number of rotatable bonds is 6. The molecule has 3 aromatic carbocycles. The number of aryl methyl sites for hydroxylation is 1. The van der Waals surface area contributed by atoms with E-state index < -0.39 is 39.8 Å². The van der Waals surface area contributed by atoms with Gasteiger partial charge in [-0.15, -0.1) is 0 Å². The van der Waals surface area contributed by atoms with Gasteiger partial charge in [0, 0.05) is 42.9 Å². The Morgan fingerprint density at radius 2 is 1.81 bits per heavy atom. The Hall–Kier alpha value is -4.39. The average Bonchev–Trinajstić information content (AvgIpc) is 3.36. The van der Waals surface area contributed by atoms with E-state index in [0.717, 1.165) is 11.8 Å². The summed E-state index contributed by atoms with van der Waals surface area (Å²) in [6, 6.07) is 18.2. The van der Waals surface area contributed by atoms with Crippen LogP contribution in [0.4, 0.5) is 14.5 Å². The third-order valence-electron chi connectivity index (χ3n) is 6.94. The lowest BCUT2D eigenvalue weighted by atomic mass is 9.97. The zero-order valence-electron chi connectivity index (χ0n) is 22.8. The first-order valence-corrected chi connectivity index (χ1v) is 15.0. The summed E-state index contributed by atoms with van der Waals surface area (Å²) in [7, 11) is -3.88. The molecule has 0 fully saturated rings. The zero-order chi connectivity index (χ0) is 30.9. The second-order valence-corrected chi connectivity index (χ2v) is 11.9. The molecule has 1 aromatic heterocycles. The van der Waals surface area contributed by atoms with Crippen LogP contribution in [0, 0.1) is 6.92 Å². The molecule has 0 spiro atoms. The normalized spacial score (nSPS) is 15.6. The third kappa shape index (κ3) is 6.51. The molecule has 0 aliphatic carbocycles. The second-order valence-electron chi connectivity index (χ2n) is 9.96. The molecule has 4 aromatic rings. The molecule has 3 N–H and O–H groups in total. The highest BCUT2D eigenvalue weighted by Gasteiger charge is 2.41. The van der Waals surface area contributed by atoms with E-state index in [0.29, 0.717) is 11.3 Å². The number of allylic oxidation sites excluding steroid dienone is 1. The van der Waals surface area contributed by atoms with Gasteiger partial charge in [0.1, 0.15) is 0 Å². The lowest BCUT2D eigenvalue weighted by molar-refractivity contribution is -0.116. The Labute approximate surface area is 251 Å². The third-order valence-corrected chi connectivity index (χ3v) is 8.18. The molecule has 0 radical (unpaired) electrons. The van der Waals surface area contributed by atoms with E-state index in [1.165, 1.54) is 41.3 Å². The number of sulfonamides is 1. The van der Waals surface area contributed by atoms with Crippen molar-refractivity contribution in [1.29, 1.82) is 0 Å². The van der Waals surface area contributed by atoms with Crippen LogP contribution in [0.1, 0.15) is 33.6 Å². The Kier molecular flexibility index (Phi) is 8.19. The Bertz CT molecular complexity index is 1860. The molecule has 2 amide bonds. The van der Waals surface area contributed by atoms with Crippen molar-refractivity contribution in [3.8, 4) is 5.69 Å². The van der Waals surface area contributed by atoms with Gasteiger partial charge in [0.25, 0.3) is 11.8 Å². The summed E-state index contributed by atoms with van der Waals surface area (Å²) < 4.78 is 55.6. The fourth-order valence-corrected chi connectivity index (χ4v) is 5.50. The molecule has 0 unspecified atom stereocenters. The van der Waals surface area contributed by atoms with Gasteiger partial charge in [-0.1, -0.05) is 41.9 Å². The number of anilines is 1. The van der Waals surface area contributed by atoms with Gasteiger partial charge in [0.15, 0.2) is 0 Å². The van der Waals surface area contributed by atoms with Gasteiger partial charge in [-0.25, -0.2) is 27.0 Å². The van der Waals surface area contributed by atoms with Crippen LogP contribution in [0.25, 0.3) is 11.3 Å². The zero-order valence-corrected chi connectivity index (χ0v) is 24.4. The molecule has 13 heteroatoms. The lowest BCUT2D eigenvalue weighted by Crippen LogP contribution is -2.33. The summed E-state index contributed by atoms with van der Waals surface area (Å²) in [6.45, 7) is 1.47. The van der Waals surface area contributed by atoms with Crippen LogP contribution in [0.3, 0.4) is 0 Å². The monoisotopic (exact) mass is 625 g/mol. The Balaban J connectivity index is 1.41. The topological polar surface area (TPSA) is 127 Å². The molecule has 222 valence electrons. The van der Waals surface area contributed by atoms with Crippen LogP contribution < -0.4 is 15.4 Å². The van der Waals surface area contributed by atoms with Crippen LogP contribution in [0.2, 0.25) is 5.02 Å². The molecule has 0 saturated heterocycles. The first kappa shape index (κ1) is 30.1. The highest BCUT2D eigenvalue weighted by molar-refractivity contribution is 7.89. The summed E-state index contributed by atoms with van der Waals surface area (Å²) >= 11 is 6.50. The predicted octanol–water partition coefficient (Wildman–Crippen LogP) is 4.87. The number of hydrogen-bond donors (Lipinski definition) is 2. The van der Waals surface area contributed by atoms with E-state index >= 15 is 8.78 Å². The summed E-state index contributed by atoms with van der Waals surface area (Å²) in [6.07, 6.45) is 1.85. The highest BCUT2D eigenvalue weighted by atomic mass is 35.5. The molecule has 0 atom stereocenters. The van der Waals surface area contributed by atoms with Crippen molar-refractivity contribution in [2.75, 3.05) is 11.4 Å². The quantitative estimate of drug-likeness (QED) is 0.296. The lowest BCUT2D eigenvalue weighted by Gasteiger charge is -2.23. The van der Waals surface area contributed by atoms with Crippen molar-refractivity contribution in [3.05, 3.63) is 112 Å². The average molecular weight is 626 g/mol. The van der Waals surface area contributed by atoms with E-state index in [1.807, 2.05) is 13.0 Å². The van der Waals surface area contributed by atoms with Crippen molar-refractivity contribution >= 4 is 44.7 Å². The minimum atomic E-state index is -3.88. The summed E-state index contributed by atoms with van der Waals surface area (Å²) in [5, 5.41) is 12.1.